The van der Waals surface area contributed by atoms with Crippen molar-refractivity contribution in [2.45, 2.75) is 39.0 Å². The molecule has 0 aromatic carbocycles. The van der Waals surface area contributed by atoms with E-state index in [2.05, 4.69) is 21.7 Å². The average Bonchev–Trinajstić information content (AvgIpc) is 2.84. The molecule has 0 atom stereocenters. The van der Waals surface area contributed by atoms with Crippen molar-refractivity contribution >= 4 is 12.4 Å². The van der Waals surface area contributed by atoms with Crippen molar-refractivity contribution in [1.29, 1.82) is 0 Å². The van der Waals surface area contributed by atoms with Crippen molar-refractivity contribution < 1.29 is 4.79 Å². The second kappa shape index (κ2) is 8.42. The molecule has 1 amide bonds. The van der Waals surface area contributed by atoms with Gasteiger partial charge in [0.1, 0.15) is 0 Å². The van der Waals surface area contributed by atoms with Crippen molar-refractivity contribution in [1.82, 2.24) is 19.8 Å². The van der Waals surface area contributed by atoms with Crippen LogP contribution in [0, 0.1) is 0 Å². The van der Waals surface area contributed by atoms with Crippen LogP contribution in [0.15, 0.2) is 6.20 Å². The molecule has 1 saturated heterocycles. The zero-order chi connectivity index (χ0) is 16.8. The highest BCUT2D eigenvalue weighted by Gasteiger charge is 2.20. The number of hydrogen-bond acceptors (Lipinski definition) is 5. The summed E-state index contributed by atoms with van der Waals surface area (Å²) in [6, 6.07) is 0. The Balaban J connectivity index is 1.60. The Morgan fingerprint density at radius 3 is 2.62 bits per heavy atom. The van der Waals surface area contributed by atoms with E-state index in [-0.39, 0.29) is 0 Å². The Morgan fingerprint density at radius 2 is 1.88 bits per heavy atom. The highest BCUT2D eigenvalue weighted by atomic mass is 16.1. The van der Waals surface area contributed by atoms with Gasteiger partial charge in [-0.2, -0.15) is 0 Å². The van der Waals surface area contributed by atoms with Crippen LogP contribution in [0.3, 0.4) is 0 Å². The van der Waals surface area contributed by atoms with Gasteiger partial charge in [0.25, 0.3) is 0 Å². The lowest BCUT2D eigenvalue weighted by molar-refractivity contribution is -0.118. The number of carbonyl (C=O) groups excluding carboxylic acids is 1. The predicted molar refractivity (Wildman–Crippen MR) is 95.3 cm³/mol. The molecule has 1 fully saturated rings. The molecule has 6 nitrogen and oxygen atoms in total. The Hall–Kier alpha value is -1.69. The van der Waals surface area contributed by atoms with Crippen molar-refractivity contribution in [3.63, 3.8) is 0 Å². The van der Waals surface area contributed by atoms with Crippen LogP contribution in [0.4, 0.5) is 5.95 Å². The lowest BCUT2D eigenvalue weighted by Crippen LogP contribution is -2.46. The van der Waals surface area contributed by atoms with Crippen LogP contribution in [0.1, 0.15) is 37.4 Å². The lowest BCUT2D eigenvalue weighted by Gasteiger charge is -2.32. The van der Waals surface area contributed by atoms with Crippen molar-refractivity contribution in [3.8, 4) is 0 Å². The van der Waals surface area contributed by atoms with Gasteiger partial charge < -0.3 is 14.7 Å². The summed E-state index contributed by atoms with van der Waals surface area (Å²) in [6.07, 6.45) is 8.93. The second-order valence-electron chi connectivity index (χ2n) is 6.82. The third kappa shape index (κ3) is 4.23. The minimum Gasteiger partial charge on any atom is -0.342 e. The highest BCUT2D eigenvalue weighted by molar-refractivity contribution is 5.48. The Labute approximate surface area is 144 Å². The SMILES string of the molecule is CCCCCN1CCc2cnc(N3CCN(C=O)CC3)nc2CC1. The molecule has 6 heteroatoms. The van der Waals surface area contributed by atoms with Crippen molar-refractivity contribution in [2.24, 2.45) is 0 Å². The molecular weight excluding hydrogens is 302 g/mol. The maximum Gasteiger partial charge on any atom is 0.225 e. The first-order valence-corrected chi connectivity index (χ1v) is 9.31. The topological polar surface area (TPSA) is 52.6 Å². The van der Waals surface area contributed by atoms with Gasteiger partial charge in [0.15, 0.2) is 0 Å². The molecule has 3 heterocycles. The summed E-state index contributed by atoms with van der Waals surface area (Å²) in [5.41, 5.74) is 2.53. The number of rotatable bonds is 6. The molecule has 1 aromatic heterocycles. The molecule has 0 spiro atoms. The molecular formula is C18H29N5O. The summed E-state index contributed by atoms with van der Waals surface area (Å²) in [5.74, 6) is 0.832. The number of anilines is 1. The van der Waals surface area contributed by atoms with E-state index < -0.39 is 0 Å². The summed E-state index contributed by atoms with van der Waals surface area (Å²) in [5, 5.41) is 0. The van der Waals surface area contributed by atoms with Crippen molar-refractivity contribution in [3.05, 3.63) is 17.5 Å². The fourth-order valence-electron chi connectivity index (χ4n) is 3.50. The van der Waals surface area contributed by atoms with Crippen LogP contribution in [0.5, 0.6) is 0 Å². The normalized spacial score (nSPS) is 19.0. The van der Waals surface area contributed by atoms with Gasteiger partial charge in [0.2, 0.25) is 12.4 Å². The van der Waals surface area contributed by atoms with Crippen LogP contribution < -0.4 is 4.90 Å². The molecule has 0 radical (unpaired) electrons. The van der Waals surface area contributed by atoms with Gasteiger partial charge in [-0.15, -0.1) is 0 Å². The number of unbranched alkanes of at least 4 members (excludes halogenated alkanes) is 2. The standard InChI is InChI=1S/C18H29N5O/c1-2-3-4-7-21-8-5-16-14-19-18(20-17(16)6-9-21)23-12-10-22(15-24)11-13-23/h14-15H,2-13H2,1H3. The Bertz CT molecular complexity index is 542. The maximum atomic E-state index is 10.8. The van der Waals surface area contributed by atoms with Crippen LogP contribution in [-0.2, 0) is 17.6 Å². The van der Waals surface area contributed by atoms with Gasteiger partial charge in [-0.3, -0.25) is 4.79 Å². The third-order valence-corrected chi connectivity index (χ3v) is 5.13. The number of aromatic nitrogens is 2. The molecule has 1 aromatic rings. The number of carbonyl (C=O) groups is 1. The molecule has 24 heavy (non-hydrogen) atoms. The van der Waals surface area contributed by atoms with E-state index >= 15 is 0 Å². The van der Waals surface area contributed by atoms with E-state index in [4.69, 9.17) is 4.98 Å². The fraction of sp³-hybridized carbons (Fsp3) is 0.722. The summed E-state index contributed by atoms with van der Waals surface area (Å²) in [6.45, 7) is 8.84. The number of fused-ring (bicyclic) bond motifs is 1. The predicted octanol–water partition coefficient (Wildman–Crippen LogP) is 1.35. The Morgan fingerprint density at radius 1 is 1.08 bits per heavy atom. The number of amides is 1. The van der Waals surface area contributed by atoms with E-state index in [1.165, 1.54) is 37.1 Å². The lowest BCUT2D eigenvalue weighted by atomic mass is 10.1. The molecule has 0 N–H and O–H groups in total. The van der Waals surface area contributed by atoms with E-state index in [1.807, 2.05) is 11.1 Å². The van der Waals surface area contributed by atoms with Gasteiger partial charge in [-0.05, 0) is 24.9 Å². The maximum absolute atomic E-state index is 10.8. The molecule has 3 rings (SSSR count). The van der Waals surface area contributed by atoms with Crippen molar-refractivity contribution in [2.75, 3.05) is 50.7 Å². The number of piperazine rings is 1. The summed E-state index contributed by atoms with van der Waals surface area (Å²) < 4.78 is 0. The molecule has 2 aliphatic rings. The summed E-state index contributed by atoms with van der Waals surface area (Å²) in [7, 11) is 0. The number of hydrogen-bond donors (Lipinski definition) is 0. The molecule has 2 aliphatic heterocycles. The van der Waals surface area contributed by atoms with Gasteiger partial charge in [0, 0.05) is 51.9 Å². The molecule has 0 saturated carbocycles. The van der Waals surface area contributed by atoms with Gasteiger partial charge >= 0.3 is 0 Å². The summed E-state index contributed by atoms with van der Waals surface area (Å²) in [4.78, 5) is 26.9. The molecule has 132 valence electrons. The van der Waals surface area contributed by atoms with Crippen LogP contribution in [0.2, 0.25) is 0 Å². The van der Waals surface area contributed by atoms with E-state index in [0.29, 0.717) is 0 Å². The average molecular weight is 331 g/mol. The minimum absolute atomic E-state index is 0.759. The van der Waals surface area contributed by atoms with Crippen LogP contribution >= 0.6 is 0 Å². The van der Waals surface area contributed by atoms with Crippen LogP contribution in [-0.4, -0.2) is 72.0 Å². The highest BCUT2D eigenvalue weighted by Crippen LogP contribution is 2.18. The zero-order valence-electron chi connectivity index (χ0n) is 14.8. The van der Waals surface area contributed by atoms with E-state index in [9.17, 15) is 4.79 Å². The quantitative estimate of drug-likeness (QED) is 0.582. The molecule has 0 unspecified atom stereocenters. The summed E-state index contributed by atoms with van der Waals surface area (Å²) >= 11 is 0. The largest absolute Gasteiger partial charge is 0.342 e. The second-order valence-corrected chi connectivity index (χ2v) is 6.82. The zero-order valence-corrected chi connectivity index (χ0v) is 14.8. The first-order valence-electron chi connectivity index (χ1n) is 9.31. The van der Waals surface area contributed by atoms with Gasteiger partial charge in [0.05, 0.1) is 5.69 Å². The van der Waals surface area contributed by atoms with Gasteiger partial charge in [-0.25, -0.2) is 9.97 Å². The third-order valence-electron chi connectivity index (χ3n) is 5.13. The first-order chi connectivity index (χ1) is 11.8. The minimum atomic E-state index is 0.759. The molecule has 0 aliphatic carbocycles. The smallest absolute Gasteiger partial charge is 0.225 e. The van der Waals surface area contributed by atoms with E-state index in [0.717, 1.165) is 64.5 Å². The van der Waals surface area contributed by atoms with Gasteiger partial charge in [-0.1, -0.05) is 19.8 Å². The fourth-order valence-corrected chi connectivity index (χ4v) is 3.50. The monoisotopic (exact) mass is 331 g/mol. The van der Waals surface area contributed by atoms with E-state index in [1.54, 1.807) is 0 Å². The molecule has 0 bridgehead atoms. The first kappa shape index (κ1) is 17.1. The van der Waals surface area contributed by atoms with Crippen LogP contribution in [0.25, 0.3) is 0 Å². The number of nitrogens with zero attached hydrogens (tertiary/aromatic N) is 5. The Kier molecular flexibility index (Phi) is 6.01.